The molecule has 4 rings (SSSR count). The maximum Gasteiger partial charge on any atom is 0.227 e. The quantitative estimate of drug-likeness (QED) is 0.694. The van der Waals surface area contributed by atoms with Gasteiger partial charge in [0.15, 0.2) is 16.7 Å². The van der Waals surface area contributed by atoms with Gasteiger partial charge in [-0.1, -0.05) is 11.3 Å². The zero-order valence-corrected chi connectivity index (χ0v) is 17.0. The van der Waals surface area contributed by atoms with Gasteiger partial charge in [-0.25, -0.2) is 4.98 Å². The molecule has 0 saturated carbocycles. The lowest BCUT2D eigenvalue weighted by atomic mass is 9.94. The topological polar surface area (TPSA) is 103 Å². The van der Waals surface area contributed by atoms with Crippen LogP contribution in [0.15, 0.2) is 22.8 Å². The second-order valence-electron chi connectivity index (χ2n) is 7.27. The van der Waals surface area contributed by atoms with Crippen LogP contribution in [0.5, 0.6) is 0 Å². The molecule has 1 unspecified atom stereocenters. The number of hydrogen-bond acceptors (Lipinski definition) is 8. The summed E-state index contributed by atoms with van der Waals surface area (Å²) in [5.41, 5.74) is 0.493. The molecule has 4 heterocycles. The summed E-state index contributed by atoms with van der Waals surface area (Å²) in [5, 5.41) is 6.49. The first-order valence-electron chi connectivity index (χ1n) is 9.98. The number of hydrogen-bond donors (Lipinski definition) is 2. The Labute approximate surface area is 173 Å². The van der Waals surface area contributed by atoms with E-state index in [0.717, 1.165) is 12.8 Å². The van der Waals surface area contributed by atoms with Crippen LogP contribution in [0.2, 0.25) is 0 Å². The third-order valence-electron chi connectivity index (χ3n) is 5.19. The number of carbonyl (C=O) groups is 2. The molecule has 0 bridgehead atoms. The van der Waals surface area contributed by atoms with Crippen LogP contribution < -0.4 is 10.6 Å². The van der Waals surface area contributed by atoms with E-state index in [1.54, 1.807) is 18.4 Å². The molecule has 29 heavy (non-hydrogen) atoms. The molecule has 9 heteroatoms. The van der Waals surface area contributed by atoms with Crippen LogP contribution >= 0.6 is 11.3 Å². The molecule has 1 amide bonds. The molecule has 2 N–H and O–H groups in total. The van der Waals surface area contributed by atoms with Crippen molar-refractivity contribution in [2.24, 2.45) is 5.92 Å². The first kappa shape index (κ1) is 20.2. The molecular weight excluding hydrogens is 394 g/mol. The number of carbonyl (C=O) groups excluding carboxylic acids is 2. The number of ether oxygens (including phenoxy) is 2. The minimum absolute atomic E-state index is 0.0419. The molecule has 0 aromatic carbocycles. The van der Waals surface area contributed by atoms with E-state index in [2.05, 4.69) is 15.6 Å². The SMILES string of the molecule is O=C(CC1CCCOCN1)Nc1nc(-c2ccco2)c(C(=O)C2CCOCC2)s1. The number of Topliss-reactive ketones (excluding diaryl/α,β-unsaturated/α-hetero) is 1. The lowest BCUT2D eigenvalue weighted by Gasteiger charge is -2.20. The van der Waals surface area contributed by atoms with Gasteiger partial charge in [-0.05, 0) is 37.8 Å². The minimum Gasteiger partial charge on any atom is -0.463 e. The maximum atomic E-state index is 13.1. The smallest absolute Gasteiger partial charge is 0.227 e. The van der Waals surface area contributed by atoms with E-state index in [0.29, 0.717) is 67.3 Å². The largest absolute Gasteiger partial charge is 0.463 e. The van der Waals surface area contributed by atoms with Gasteiger partial charge in [-0.3, -0.25) is 14.9 Å². The highest BCUT2D eigenvalue weighted by Gasteiger charge is 2.29. The standard InChI is InChI=1S/C20H25N3O5S/c24-16(11-14-3-1-7-27-12-21-14)22-20-23-17(15-4-2-8-28-15)19(29-20)18(25)13-5-9-26-10-6-13/h2,4,8,13-14,21H,1,3,5-7,9-12H2,(H,22,23,24). The van der Waals surface area contributed by atoms with Crippen LogP contribution in [0, 0.1) is 5.92 Å². The van der Waals surface area contributed by atoms with Gasteiger partial charge >= 0.3 is 0 Å². The van der Waals surface area contributed by atoms with Crippen molar-refractivity contribution in [1.82, 2.24) is 10.3 Å². The summed E-state index contributed by atoms with van der Waals surface area (Å²) < 4.78 is 16.2. The number of nitrogens with one attached hydrogen (secondary N) is 2. The van der Waals surface area contributed by atoms with Crippen molar-refractivity contribution in [3.05, 3.63) is 23.3 Å². The molecule has 0 radical (unpaired) electrons. The summed E-state index contributed by atoms with van der Waals surface area (Å²) in [6.45, 7) is 2.35. The fraction of sp³-hybridized carbons (Fsp3) is 0.550. The fourth-order valence-corrected chi connectivity index (χ4v) is 4.62. The summed E-state index contributed by atoms with van der Waals surface area (Å²) in [6, 6.07) is 3.61. The van der Waals surface area contributed by atoms with E-state index in [4.69, 9.17) is 13.9 Å². The van der Waals surface area contributed by atoms with Gasteiger partial charge in [-0.15, -0.1) is 0 Å². The van der Waals surface area contributed by atoms with E-state index < -0.39 is 0 Å². The molecule has 1 atom stereocenters. The third-order valence-corrected chi connectivity index (χ3v) is 6.18. The highest BCUT2D eigenvalue weighted by Crippen LogP contribution is 2.35. The Morgan fingerprint density at radius 1 is 1.21 bits per heavy atom. The zero-order valence-electron chi connectivity index (χ0n) is 16.1. The highest BCUT2D eigenvalue weighted by atomic mass is 32.1. The molecule has 156 valence electrons. The van der Waals surface area contributed by atoms with Crippen LogP contribution in [0.25, 0.3) is 11.5 Å². The monoisotopic (exact) mass is 419 g/mol. The van der Waals surface area contributed by atoms with Crippen molar-refractivity contribution in [2.45, 2.75) is 38.1 Å². The Morgan fingerprint density at radius 3 is 2.86 bits per heavy atom. The van der Waals surface area contributed by atoms with Crippen molar-refractivity contribution in [1.29, 1.82) is 0 Å². The normalized spacial score (nSPS) is 20.9. The molecule has 0 spiro atoms. The number of amides is 1. The van der Waals surface area contributed by atoms with E-state index in [-0.39, 0.29) is 23.7 Å². The predicted molar refractivity (Wildman–Crippen MR) is 108 cm³/mol. The second kappa shape index (κ2) is 9.62. The van der Waals surface area contributed by atoms with Gasteiger partial charge in [0, 0.05) is 38.2 Å². The Morgan fingerprint density at radius 2 is 2.07 bits per heavy atom. The summed E-state index contributed by atoms with van der Waals surface area (Å²) in [5.74, 6) is 0.353. The number of thiazole rings is 1. The summed E-state index contributed by atoms with van der Waals surface area (Å²) in [4.78, 5) is 30.7. The van der Waals surface area contributed by atoms with Gasteiger partial charge < -0.3 is 19.2 Å². The third kappa shape index (κ3) is 5.11. The summed E-state index contributed by atoms with van der Waals surface area (Å²) in [6.07, 6.45) is 5.10. The van der Waals surface area contributed by atoms with E-state index >= 15 is 0 Å². The van der Waals surface area contributed by atoms with Crippen LogP contribution in [-0.4, -0.2) is 49.3 Å². The van der Waals surface area contributed by atoms with Crippen molar-refractivity contribution in [3.8, 4) is 11.5 Å². The van der Waals surface area contributed by atoms with Crippen LogP contribution in [0.1, 0.15) is 41.8 Å². The van der Waals surface area contributed by atoms with Gasteiger partial charge in [0.25, 0.3) is 0 Å². The zero-order chi connectivity index (χ0) is 20.1. The van der Waals surface area contributed by atoms with E-state index in [1.165, 1.54) is 11.3 Å². The number of anilines is 1. The van der Waals surface area contributed by atoms with Crippen molar-refractivity contribution in [2.75, 3.05) is 31.9 Å². The van der Waals surface area contributed by atoms with Crippen molar-refractivity contribution in [3.63, 3.8) is 0 Å². The van der Waals surface area contributed by atoms with Gasteiger partial charge in [-0.2, -0.15) is 0 Å². The second-order valence-corrected chi connectivity index (χ2v) is 8.27. The maximum absolute atomic E-state index is 13.1. The Hall–Kier alpha value is -2.07. The average molecular weight is 420 g/mol. The molecule has 2 saturated heterocycles. The Balaban J connectivity index is 1.50. The van der Waals surface area contributed by atoms with E-state index in [9.17, 15) is 9.59 Å². The molecule has 2 fully saturated rings. The molecule has 2 aliphatic rings. The van der Waals surface area contributed by atoms with Crippen LogP contribution in [0.4, 0.5) is 5.13 Å². The molecule has 0 aliphatic carbocycles. The Kier molecular flexibility index (Phi) is 6.70. The van der Waals surface area contributed by atoms with Crippen LogP contribution in [0.3, 0.4) is 0 Å². The lowest BCUT2D eigenvalue weighted by Crippen LogP contribution is -2.32. The Bertz CT molecular complexity index is 821. The summed E-state index contributed by atoms with van der Waals surface area (Å²) in [7, 11) is 0. The molecule has 2 aliphatic heterocycles. The van der Waals surface area contributed by atoms with Crippen molar-refractivity contribution >= 4 is 28.2 Å². The summed E-state index contributed by atoms with van der Waals surface area (Å²) >= 11 is 1.22. The number of ketones is 1. The lowest BCUT2D eigenvalue weighted by molar-refractivity contribution is -0.116. The first-order chi connectivity index (χ1) is 14.2. The predicted octanol–water partition coefficient (Wildman–Crippen LogP) is 3.07. The van der Waals surface area contributed by atoms with Gasteiger partial charge in [0.1, 0.15) is 10.6 Å². The number of nitrogens with zero attached hydrogens (tertiary/aromatic N) is 1. The van der Waals surface area contributed by atoms with Gasteiger partial charge in [0.2, 0.25) is 5.91 Å². The minimum atomic E-state index is -0.130. The number of furan rings is 1. The fourth-order valence-electron chi connectivity index (χ4n) is 3.62. The van der Waals surface area contributed by atoms with Crippen LogP contribution in [-0.2, 0) is 14.3 Å². The number of aromatic nitrogens is 1. The van der Waals surface area contributed by atoms with Crippen molar-refractivity contribution < 1.29 is 23.5 Å². The van der Waals surface area contributed by atoms with E-state index in [1.807, 2.05) is 0 Å². The molecular formula is C20H25N3O5S. The average Bonchev–Trinajstić information content (AvgIpc) is 3.33. The first-order valence-corrected chi connectivity index (χ1v) is 10.8. The highest BCUT2D eigenvalue weighted by molar-refractivity contribution is 7.18. The molecule has 8 nitrogen and oxygen atoms in total. The number of rotatable bonds is 6. The molecule has 2 aromatic rings. The molecule has 2 aromatic heterocycles. The van der Waals surface area contributed by atoms with Gasteiger partial charge in [0.05, 0.1) is 13.0 Å².